The zero-order valence-corrected chi connectivity index (χ0v) is 8.91. The Kier molecular flexibility index (Phi) is 4.10. The van der Waals surface area contributed by atoms with E-state index in [0.29, 0.717) is 5.56 Å². The van der Waals surface area contributed by atoms with Gasteiger partial charge >= 0.3 is 12.3 Å². The number of benzene rings is 1. The molecule has 0 amide bonds. The van der Waals surface area contributed by atoms with Crippen molar-refractivity contribution in [2.75, 3.05) is 0 Å². The first-order chi connectivity index (χ1) is 8.00. The summed E-state index contributed by atoms with van der Waals surface area (Å²) in [4.78, 5) is 20.9. The van der Waals surface area contributed by atoms with Crippen LogP contribution in [0, 0.1) is 0 Å². The van der Waals surface area contributed by atoms with Crippen LogP contribution in [-0.2, 0) is 9.47 Å². The summed E-state index contributed by atoms with van der Waals surface area (Å²) in [6, 6.07) is 8.21. The van der Waals surface area contributed by atoms with E-state index >= 15 is 0 Å². The highest BCUT2D eigenvalue weighted by atomic mass is 16.7. The van der Waals surface area contributed by atoms with Gasteiger partial charge in [-0.1, -0.05) is 30.3 Å². The second-order valence-corrected chi connectivity index (χ2v) is 2.99. The van der Waals surface area contributed by atoms with Crippen LogP contribution in [0.4, 0.5) is 9.59 Å². The summed E-state index contributed by atoms with van der Waals surface area (Å²) < 4.78 is 8.88. The molecule has 0 fully saturated rings. The molecule has 0 aliphatic rings. The first-order valence-corrected chi connectivity index (χ1v) is 4.58. The highest BCUT2D eigenvalue weighted by Crippen LogP contribution is 2.21. The summed E-state index contributed by atoms with van der Waals surface area (Å²) in [6.45, 7) is 1.30. The summed E-state index contributed by atoms with van der Waals surface area (Å²) >= 11 is 0. The lowest BCUT2D eigenvalue weighted by molar-refractivity contribution is 0.111. The van der Waals surface area contributed by atoms with Crippen LogP contribution in [0.1, 0.15) is 12.5 Å². The Bertz CT molecular complexity index is 448. The molecule has 0 unspecified atom stereocenters. The largest absolute Gasteiger partial charge is 0.511 e. The standard InChI is InChI=1S/C11H10O6/c1-7(16-10(12)13)9(17-11(14)15)8-5-3-2-4-6-8/h2-6H,1H3,(H,12,13)(H,14,15)/b9-7+. The van der Waals surface area contributed by atoms with Gasteiger partial charge in [-0.2, -0.15) is 0 Å². The van der Waals surface area contributed by atoms with E-state index in [1.54, 1.807) is 30.3 Å². The maximum absolute atomic E-state index is 10.5. The minimum absolute atomic E-state index is 0.147. The lowest BCUT2D eigenvalue weighted by Crippen LogP contribution is -2.06. The van der Waals surface area contributed by atoms with E-state index in [-0.39, 0.29) is 11.5 Å². The van der Waals surface area contributed by atoms with Crippen LogP contribution in [0.15, 0.2) is 36.1 Å². The van der Waals surface area contributed by atoms with Crippen LogP contribution < -0.4 is 0 Å². The molecule has 6 heteroatoms. The third kappa shape index (κ3) is 3.86. The molecule has 0 saturated heterocycles. The average molecular weight is 238 g/mol. The molecule has 6 nitrogen and oxygen atoms in total. The minimum Gasteiger partial charge on any atom is -0.449 e. The maximum atomic E-state index is 10.5. The highest BCUT2D eigenvalue weighted by Gasteiger charge is 2.14. The van der Waals surface area contributed by atoms with Crippen LogP contribution in [0.3, 0.4) is 0 Å². The highest BCUT2D eigenvalue weighted by molar-refractivity contribution is 5.73. The number of carbonyl (C=O) groups is 2. The number of allylic oxidation sites excluding steroid dienone is 1. The van der Waals surface area contributed by atoms with Crippen LogP contribution in [0.2, 0.25) is 0 Å². The monoisotopic (exact) mass is 238 g/mol. The lowest BCUT2D eigenvalue weighted by Gasteiger charge is -2.09. The lowest BCUT2D eigenvalue weighted by atomic mass is 10.2. The van der Waals surface area contributed by atoms with Crippen molar-refractivity contribution < 1.29 is 29.3 Å². The van der Waals surface area contributed by atoms with Crippen molar-refractivity contribution in [3.8, 4) is 0 Å². The zero-order valence-electron chi connectivity index (χ0n) is 8.91. The first-order valence-electron chi connectivity index (χ1n) is 4.58. The summed E-state index contributed by atoms with van der Waals surface area (Å²) in [5, 5.41) is 17.0. The second kappa shape index (κ2) is 5.55. The molecule has 0 aromatic heterocycles. The molecule has 0 saturated carbocycles. The predicted molar refractivity (Wildman–Crippen MR) is 57.3 cm³/mol. The molecule has 0 aliphatic carbocycles. The predicted octanol–water partition coefficient (Wildman–Crippen LogP) is 2.76. The van der Waals surface area contributed by atoms with Crippen LogP contribution in [-0.4, -0.2) is 22.5 Å². The second-order valence-electron chi connectivity index (χ2n) is 2.99. The first kappa shape index (κ1) is 12.6. The average Bonchev–Trinajstić information content (AvgIpc) is 2.25. The van der Waals surface area contributed by atoms with Gasteiger partial charge in [-0.15, -0.1) is 0 Å². The molecular weight excluding hydrogens is 228 g/mol. The zero-order chi connectivity index (χ0) is 12.8. The van der Waals surface area contributed by atoms with Crippen molar-refractivity contribution in [3.05, 3.63) is 41.7 Å². The van der Waals surface area contributed by atoms with Gasteiger partial charge in [-0.25, -0.2) is 9.59 Å². The number of rotatable bonds is 3. The molecule has 1 rings (SSSR count). The maximum Gasteiger partial charge on any atom is 0.511 e. The third-order valence-electron chi connectivity index (χ3n) is 1.79. The van der Waals surface area contributed by atoms with E-state index in [2.05, 4.69) is 9.47 Å². The van der Waals surface area contributed by atoms with Gasteiger partial charge < -0.3 is 19.7 Å². The number of carboxylic acid groups (broad SMARTS) is 2. The van der Waals surface area contributed by atoms with Gasteiger partial charge in [-0.05, 0) is 6.92 Å². The molecule has 0 bridgehead atoms. The van der Waals surface area contributed by atoms with Gasteiger partial charge in [-0.3, -0.25) is 0 Å². The van der Waals surface area contributed by atoms with E-state index in [4.69, 9.17) is 10.2 Å². The SMILES string of the molecule is C/C(OC(=O)O)=C(\OC(=O)O)c1ccccc1. The Morgan fingerprint density at radius 3 is 2.00 bits per heavy atom. The minimum atomic E-state index is -1.54. The quantitative estimate of drug-likeness (QED) is 0.621. The van der Waals surface area contributed by atoms with Crippen LogP contribution in [0.5, 0.6) is 0 Å². The molecule has 2 N–H and O–H groups in total. The Morgan fingerprint density at radius 1 is 1.00 bits per heavy atom. The fourth-order valence-corrected chi connectivity index (χ4v) is 1.19. The molecule has 1 aromatic carbocycles. The van der Waals surface area contributed by atoms with Gasteiger partial charge in [0.05, 0.1) is 0 Å². The van der Waals surface area contributed by atoms with E-state index in [0.717, 1.165) is 0 Å². The van der Waals surface area contributed by atoms with E-state index < -0.39 is 12.3 Å². The molecule has 1 aromatic rings. The van der Waals surface area contributed by atoms with E-state index in [1.807, 2.05) is 0 Å². The third-order valence-corrected chi connectivity index (χ3v) is 1.79. The normalized spacial score (nSPS) is 11.4. The molecule has 90 valence electrons. The summed E-state index contributed by atoms with van der Waals surface area (Å²) in [5.41, 5.74) is 0.411. The smallest absolute Gasteiger partial charge is 0.449 e. The summed E-state index contributed by atoms with van der Waals surface area (Å²) in [7, 11) is 0. The fourth-order valence-electron chi connectivity index (χ4n) is 1.19. The fraction of sp³-hybridized carbons (Fsp3) is 0.0909. The number of hydrogen-bond donors (Lipinski definition) is 2. The van der Waals surface area contributed by atoms with Gasteiger partial charge in [0.1, 0.15) is 0 Å². The van der Waals surface area contributed by atoms with E-state index in [9.17, 15) is 9.59 Å². The van der Waals surface area contributed by atoms with Crippen LogP contribution in [0.25, 0.3) is 5.76 Å². The van der Waals surface area contributed by atoms with Crippen LogP contribution >= 0.6 is 0 Å². The van der Waals surface area contributed by atoms with Crippen molar-refractivity contribution in [1.29, 1.82) is 0 Å². The topological polar surface area (TPSA) is 93.1 Å². The molecule has 0 radical (unpaired) electrons. The van der Waals surface area contributed by atoms with E-state index in [1.165, 1.54) is 6.92 Å². The molecule has 0 spiro atoms. The van der Waals surface area contributed by atoms with Gasteiger partial charge in [0.2, 0.25) is 0 Å². The summed E-state index contributed by atoms with van der Waals surface area (Å²) in [6.07, 6.45) is -3.08. The molecule has 0 aliphatic heterocycles. The van der Waals surface area contributed by atoms with Crippen molar-refractivity contribution in [2.45, 2.75) is 6.92 Å². The number of hydrogen-bond acceptors (Lipinski definition) is 4. The van der Waals surface area contributed by atoms with Gasteiger partial charge in [0, 0.05) is 5.56 Å². The van der Waals surface area contributed by atoms with Gasteiger partial charge in [0.25, 0.3) is 0 Å². The van der Waals surface area contributed by atoms with Crippen molar-refractivity contribution in [2.24, 2.45) is 0 Å². The Labute approximate surface area is 96.7 Å². The Hall–Kier alpha value is -2.50. The molecule has 0 heterocycles. The van der Waals surface area contributed by atoms with Crippen molar-refractivity contribution in [3.63, 3.8) is 0 Å². The molecule has 0 atom stereocenters. The summed E-state index contributed by atoms with van der Waals surface area (Å²) in [5.74, 6) is -0.299. The molecular formula is C11H10O6. The Balaban J connectivity index is 3.11. The van der Waals surface area contributed by atoms with Crippen molar-refractivity contribution >= 4 is 18.1 Å². The molecule has 17 heavy (non-hydrogen) atoms. The van der Waals surface area contributed by atoms with Gasteiger partial charge in [0.15, 0.2) is 11.5 Å². The van der Waals surface area contributed by atoms with Crippen molar-refractivity contribution in [1.82, 2.24) is 0 Å². The number of ether oxygens (including phenoxy) is 2. The Morgan fingerprint density at radius 2 is 1.53 bits per heavy atom.